The third-order valence-corrected chi connectivity index (χ3v) is 5.15. The van der Waals surface area contributed by atoms with Crippen LogP contribution in [0.1, 0.15) is 54.6 Å². The summed E-state index contributed by atoms with van der Waals surface area (Å²) in [5.74, 6) is 0. The van der Waals surface area contributed by atoms with Gasteiger partial charge in [0.05, 0.1) is 0 Å². The maximum Gasteiger partial charge on any atom is 0.0305 e. The Labute approximate surface area is 127 Å². The van der Waals surface area contributed by atoms with Crippen molar-refractivity contribution in [3.63, 3.8) is 0 Å². The highest BCUT2D eigenvalue weighted by atomic mass is 32.1. The van der Waals surface area contributed by atoms with E-state index in [9.17, 15) is 0 Å². The van der Waals surface area contributed by atoms with Gasteiger partial charge in [-0.15, -0.1) is 11.3 Å². The molecule has 0 fully saturated rings. The predicted octanol–water partition coefficient (Wildman–Crippen LogP) is 5.20. The van der Waals surface area contributed by atoms with Crippen molar-refractivity contribution in [2.45, 2.75) is 52.6 Å². The van der Waals surface area contributed by atoms with Gasteiger partial charge in [-0.1, -0.05) is 45.0 Å². The molecule has 2 heteroatoms. The molecule has 0 bridgehead atoms. The lowest BCUT2D eigenvalue weighted by molar-refractivity contribution is 0.576. The van der Waals surface area contributed by atoms with Crippen LogP contribution in [-0.4, -0.2) is 0 Å². The highest BCUT2D eigenvalue weighted by Gasteiger charge is 2.16. The molecule has 1 nitrogen and oxygen atoms in total. The van der Waals surface area contributed by atoms with E-state index >= 15 is 0 Å². The van der Waals surface area contributed by atoms with E-state index in [0.717, 1.165) is 6.54 Å². The Morgan fingerprint density at radius 3 is 2.40 bits per heavy atom. The summed E-state index contributed by atoms with van der Waals surface area (Å²) >= 11 is 1.92. The number of thiophene rings is 1. The van der Waals surface area contributed by atoms with Gasteiger partial charge in [0.2, 0.25) is 0 Å². The monoisotopic (exact) mass is 287 g/mol. The molecule has 1 aromatic heterocycles. The molecule has 1 atom stereocenters. The molecule has 1 heterocycles. The van der Waals surface area contributed by atoms with Gasteiger partial charge in [-0.3, -0.25) is 0 Å². The maximum atomic E-state index is 3.63. The first kappa shape index (κ1) is 15.3. The summed E-state index contributed by atoms with van der Waals surface area (Å²) in [6, 6.07) is 13.5. The van der Waals surface area contributed by atoms with Crippen LogP contribution in [0.4, 0.5) is 0 Å². The van der Waals surface area contributed by atoms with Crippen LogP contribution in [0.3, 0.4) is 0 Å². The zero-order chi connectivity index (χ0) is 14.8. The van der Waals surface area contributed by atoms with Gasteiger partial charge in [0.25, 0.3) is 0 Å². The molecule has 0 saturated heterocycles. The zero-order valence-electron chi connectivity index (χ0n) is 13.2. The molecule has 0 aliphatic rings. The van der Waals surface area contributed by atoms with Crippen molar-refractivity contribution >= 4 is 11.3 Å². The highest BCUT2D eigenvalue weighted by Crippen LogP contribution is 2.29. The van der Waals surface area contributed by atoms with Crippen LogP contribution in [0.25, 0.3) is 0 Å². The van der Waals surface area contributed by atoms with E-state index in [2.05, 4.69) is 76.3 Å². The Morgan fingerprint density at radius 2 is 1.80 bits per heavy atom. The third-order valence-electron chi connectivity index (χ3n) is 3.64. The lowest BCUT2D eigenvalue weighted by Gasteiger charge is -2.17. The summed E-state index contributed by atoms with van der Waals surface area (Å²) in [5, 5.41) is 3.63. The van der Waals surface area contributed by atoms with Crippen LogP contribution in [0.2, 0.25) is 0 Å². The first-order valence-electron chi connectivity index (χ1n) is 7.26. The predicted molar refractivity (Wildman–Crippen MR) is 89.5 cm³/mol. The second-order valence-corrected chi connectivity index (χ2v) is 7.64. The highest BCUT2D eigenvalue weighted by molar-refractivity contribution is 7.12. The SMILES string of the molecule is Cc1ccccc1[C@@H](C)NCc1ccc(C(C)(C)C)s1. The van der Waals surface area contributed by atoms with Crippen LogP contribution in [0, 0.1) is 6.92 Å². The van der Waals surface area contributed by atoms with Crippen molar-refractivity contribution in [2.24, 2.45) is 0 Å². The normalized spacial score (nSPS) is 13.4. The molecule has 2 aromatic rings. The number of hydrogen-bond donors (Lipinski definition) is 1. The largest absolute Gasteiger partial charge is 0.305 e. The lowest BCUT2D eigenvalue weighted by Crippen LogP contribution is -2.18. The zero-order valence-corrected chi connectivity index (χ0v) is 14.0. The fourth-order valence-corrected chi connectivity index (χ4v) is 3.33. The van der Waals surface area contributed by atoms with Crippen molar-refractivity contribution in [3.8, 4) is 0 Å². The Kier molecular flexibility index (Phi) is 4.66. The van der Waals surface area contributed by atoms with Gasteiger partial charge in [-0.25, -0.2) is 0 Å². The number of benzene rings is 1. The molecule has 0 aliphatic carbocycles. The van der Waals surface area contributed by atoms with E-state index in [4.69, 9.17) is 0 Å². The summed E-state index contributed by atoms with van der Waals surface area (Å²) < 4.78 is 0. The average molecular weight is 287 g/mol. The lowest BCUT2D eigenvalue weighted by atomic mass is 9.95. The van der Waals surface area contributed by atoms with Crippen molar-refractivity contribution in [3.05, 3.63) is 57.3 Å². The van der Waals surface area contributed by atoms with E-state index in [1.165, 1.54) is 20.9 Å². The molecule has 0 unspecified atom stereocenters. The second-order valence-electron chi connectivity index (χ2n) is 6.48. The van der Waals surface area contributed by atoms with Crippen LogP contribution in [-0.2, 0) is 12.0 Å². The van der Waals surface area contributed by atoms with E-state index in [-0.39, 0.29) is 5.41 Å². The molecule has 2 rings (SSSR count). The Hall–Kier alpha value is -1.12. The summed E-state index contributed by atoms with van der Waals surface area (Å²) in [5.41, 5.74) is 3.00. The molecule has 0 aliphatic heterocycles. The average Bonchev–Trinajstić information content (AvgIpc) is 2.85. The number of nitrogens with one attached hydrogen (secondary N) is 1. The van der Waals surface area contributed by atoms with E-state index in [1.807, 2.05) is 11.3 Å². The van der Waals surface area contributed by atoms with Gasteiger partial charge in [0.15, 0.2) is 0 Å². The van der Waals surface area contributed by atoms with E-state index in [0.29, 0.717) is 6.04 Å². The first-order chi connectivity index (χ1) is 9.38. The van der Waals surface area contributed by atoms with Crippen molar-refractivity contribution in [2.75, 3.05) is 0 Å². The molecule has 108 valence electrons. The number of aryl methyl sites for hydroxylation is 1. The van der Waals surface area contributed by atoms with E-state index < -0.39 is 0 Å². The summed E-state index contributed by atoms with van der Waals surface area (Å²) in [6.07, 6.45) is 0. The smallest absolute Gasteiger partial charge is 0.0305 e. The Morgan fingerprint density at radius 1 is 1.10 bits per heavy atom. The molecule has 0 radical (unpaired) electrons. The second kappa shape index (κ2) is 6.11. The molecule has 0 amide bonds. The molecular formula is C18H25NS. The number of hydrogen-bond acceptors (Lipinski definition) is 2. The van der Waals surface area contributed by atoms with Crippen molar-refractivity contribution in [1.82, 2.24) is 5.32 Å². The minimum atomic E-state index is 0.255. The standard InChI is InChI=1S/C18H25NS/c1-13-8-6-7-9-16(13)14(2)19-12-15-10-11-17(20-15)18(3,4)5/h6-11,14,19H,12H2,1-5H3/t14-/m1/s1. The van der Waals surface area contributed by atoms with Crippen LogP contribution >= 0.6 is 11.3 Å². The van der Waals surface area contributed by atoms with Gasteiger partial charge in [-0.2, -0.15) is 0 Å². The molecule has 20 heavy (non-hydrogen) atoms. The van der Waals surface area contributed by atoms with Crippen LogP contribution in [0.15, 0.2) is 36.4 Å². The van der Waals surface area contributed by atoms with Gasteiger partial charge in [0.1, 0.15) is 0 Å². The molecule has 0 spiro atoms. The van der Waals surface area contributed by atoms with Gasteiger partial charge in [-0.05, 0) is 42.5 Å². The fraction of sp³-hybridized carbons (Fsp3) is 0.444. The first-order valence-corrected chi connectivity index (χ1v) is 8.07. The van der Waals surface area contributed by atoms with Gasteiger partial charge >= 0.3 is 0 Å². The van der Waals surface area contributed by atoms with Crippen LogP contribution < -0.4 is 5.32 Å². The third kappa shape index (κ3) is 3.71. The summed E-state index contributed by atoms with van der Waals surface area (Å²) in [6.45, 7) is 12.2. The minimum absolute atomic E-state index is 0.255. The quantitative estimate of drug-likeness (QED) is 0.814. The molecule has 1 aromatic carbocycles. The topological polar surface area (TPSA) is 12.0 Å². The maximum absolute atomic E-state index is 3.63. The fourth-order valence-electron chi connectivity index (χ4n) is 2.31. The Balaban J connectivity index is 1.99. The summed E-state index contributed by atoms with van der Waals surface area (Å²) in [4.78, 5) is 2.87. The van der Waals surface area contributed by atoms with E-state index in [1.54, 1.807) is 0 Å². The minimum Gasteiger partial charge on any atom is -0.305 e. The molecular weight excluding hydrogens is 262 g/mol. The summed E-state index contributed by atoms with van der Waals surface area (Å²) in [7, 11) is 0. The van der Waals surface area contributed by atoms with Crippen LogP contribution in [0.5, 0.6) is 0 Å². The van der Waals surface area contributed by atoms with Crippen molar-refractivity contribution in [1.29, 1.82) is 0 Å². The van der Waals surface area contributed by atoms with Gasteiger partial charge in [0, 0.05) is 22.3 Å². The molecule has 0 saturated carbocycles. The van der Waals surface area contributed by atoms with Gasteiger partial charge < -0.3 is 5.32 Å². The van der Waals surface area contributed by atoms with Crippen molar-refractivity contribution < 1.29 is 0 Å². The number of rotatable bonds is 4. The Bertz CT molecular complexity index is 563. The molecule has 1 N–H and O–H groups in total.